The molecule has 0 atom stereocenters. The highest BCUT2D eigenvalue weighted by atomic mass is 35.5. The number of carbonyl (C=O) groups excluding carboxylic acids is 1. The third-order valence-corrected chi connectivity index (χ3v) is 5.88. The number of nitrogens with one attached hydrogen (secondary N) is 1. The van der Waals surface area contributed by atoms with Crippen molar-refractivity contribution < 1.29 is 14.7 Å². The van der Waals surface area contributed by atoms with Gasteiger partial charge in [-0.2, -0.15) is 0 Å². The number of aromatic nitrogens is 3. The van der Waals surface area contributed by atoms with Crippen molar-refractivity contribution in [2.24, 2.45) is 0 Å². The summed E-state index contributed by atoms with van der Waals surface area (Å²) in [5, 5.41) is 20.1. The van der Waals surface area contributed by atoms with E-state index in [0.717, 1.165) is 27.7 Å². The maximum absolute atomic E-state index is 12.2. The number of hydroxylamine groups is 1. The summed E-state index contributed by atoms with van der Waals surface area (Å²) < 4.78 is 1.88. The number of carbonyl (C=O) groups is 1. The second-order valence-corrected chi connectivity index (χ2v) is 8.24. The second-order valence-electron chi connectivity index (χ2n) is 7.83. The molecule has 0 unspecified atom stereocenters. The lowest BCUT2D eigenvalue weighted by molar-refractivity contribution is 0.0168. The molecule has 170 valence electrons. The summed E-state index contributed by atoms with van der Waals surface area (Å²) in [4.78, 5) is 17.1. The van der Waals surface area contributed by atoms with Crippen LogP contribution in [0.4, 0.5) is 0 Å². The number of fused-ring (bicyclic) bond motifs is 2. The smallest absolute Gasteiger partial charge is 0.276 e. The van der Waals surface area contributed by atoms with E-state index in [4.69, 9.17) is 21.5 Å². The molecule has 5 aromatic rings. The van der Waals surface area contributed by atoms with Crippen molar-refractivity contribution in [2.75, 3.05) is 13.2 Å². The minimum atomic E-state index is -0.474. The van der Waals surface area contributed by atoms with E-state index in [0.29, 0.717) is 11.6 Å². The molecule has 4 aromatic carbocycles. The molecular formula is C26H21ClN4O3. The number of aliphatic hydroxyl groups excluding tert-OH is 1. The molecule has 0 fully saturated rings. The van der Waals surface area contributed by atoms with Gasteiger partial charge in [0.15, 0.2) is 0 Å². The Hall–Kier alpha value is -3.78. The molecule has 7 nitrogen and oxygen atoms in total. The minimum Gasteiger partial charge on any atom is -0.394 e. The number of halogens is 1. The second kappa shape index (κ2) is 9.61. The Kier molecular flexibility index (Phi) is 6.22. The predicted molar refractivity (Wildman–Crippen MR) is 132 cm³/mol. The largest absolute Gasteiger partial charge is 0.394 e. The fourth-order valence-electron chi connectivity index (χ4n) is 3.87. The zero-order chi connectivity index (χ0) is 23.5. The molecular weight excluding hydrogens is 452 g/mol. The van der Waals surface area contributed by atoms with Crippen LogP contribution in [-0.2, 0) is 11.4 Å². The molecule has 1 aromatic heterocycles. The first-order valence-corrected chi connectivity index (χ1v) is 11.1. The van der Waals surface area contributed by atoms with Crippen LogP contribution >= 0.6 is 11.6 Å². The average molecular weight is 473 g/mol. The molecule has 1 amide bonds. The molecule has 0 bridgehead atoms. The highest BCUT2D eigenvalue weighted by Crippen LogP contribution is 2.28. The third-order valence-electron chi connectivity index (χ3n) is 5.57. The fourth-order valence-corrected chi connectivity index (χ4v) is 4.13. The molecule has 0 aliphatic carbocycles. The molecule has 0 spiro atoms. The van der Waals surface area contributed by atoms with E-state index in [1.165, 1.54) is 10.8 Å². The monoisotopic (exact) mass is 472 g/mol. The van der Waals surface area contributed by atoms with Gasteiger partial charge in [-0.05, 0) is 57.8 Å². The van der Waals surface area contributed by atoms with E-state index >= 15 is 0 Å². The predicted octanol–water partition coefficient (Wildman–Crippen LogP) is 4.61. The lowest BCUT2D eigenvalue weighted by atomic mass is 10.0. The van der Waals surface area contributed by atoms with Gasteiger partial charge in [-0.1, -0.05) is 65.3 Å². The number of nitrogens with zero attached hydrogens (tertiary/aromatic N) is 3. The number of aliphatic hydroxyl groups is 1. The zero-order valence-corrected chi connectivity index (χ0v) is 18.9. The van der Waals surface area contributed by atoms with Crippen molar-refractivity contribution >= 4 is 39.3 Å². The molecule has 34 heavy (non-hydrogen) atoms. The summed E-state index contributed by atoms with van der Waals surface area (Å²) in [5.74, 6) is -0.474. The van der Waals surface area contributed by atoms with Crippen LogP contribution in [0.1, 0.15) is 15.9 Å². The lowest BCUT2D eigenvalue weighted by Crippen LogP contribution is -2.25. The number of amides is 1. The number of hydrogen-bond acceptors (Lipinski definition) is 5. The molecule has 0 aliphatic rings. The molecule has 8 heteroatoms. The topological polar surface area (TPSA) is 89.3 Å². The summed E-state index contributed by atoms with van der Waals surface area (Å²) in [6.45, 7) is 0.405. The Morgan fingerprint density at radius 2 is 1.76 bits per heavy atom. The van der Waals surface area contributed by atoms with Crippen molar-refractivity contribution in [3.05, 3.63) is 95.0 Å². The van der Waals surface area contributed by atoms with Crippen LogP contribution in [0.15, 0.2) is 78.9 Å². The summed E-state index contributed by atoms with van der Waals surface area (Å²) in [5.41, 5.74) is 7.17. The van der Waals surface area contributed by atoms with Gasteiger partial charge in [-0.15, -0.1) is 5.10 Å². The van der Waals surface area contributed by atoms with Gasteiger partial charge in [0.25, 0.3) is 5.91 Å². The summed E-state index contributed by atoms with van der Waals surface area (Å²) >= 11 is 6.37. The highest BCUT2D eigenvalue weighted by Gasteiger charge is 2.13. The molecule has 0 saturated heterocycles. The Bertz CT molecular complexity index is 1500. The van der Waals surface area contributed by atoms with Crippen molar-refractivity contribution in [3.8, 4) is 11.1 Å². The van der Waals surface area contributed by atoms with Gasteiger partial charge in [0.05, 0.1) is 35.9 Å². The maximum Gasteiger partial charge on any atom is 0.276 e. The highest BCUT2D eigenvalue weighted by molar-refractivity contribution is 6.34. The Morgan fingerprint density at radius 3 is 2.59 bits per heavy atom. The molecule has 0 saturated carbocycles. The SMILES string of the molecule is O=C(NOCCO)c1ccc(-c2ccc3nnn(Cc4ccc5ccccc5c4)c3c2)cc1Cl. The molecule has 5 rings (SSSR count). The van der Waals surface area contributed by atoms with Crippen LogP contribution in [-0.4, -0.2) is 39.2 Å². The van der Waals surface area contributed by atoms with Gasteiger partial charge in [-0.3, -0.25) is 9.63 Å². The van der Waals surface area contributed by atoms with E-state index < -0.39 is 5.91 Å². The van der Waals surface area contributed by atoms with Crippen molar-refractivity contribution in [1.82, 2.24) is 20.5 Å². The van der Waals surface area contributed by atoms with Gasteiger partial charge in [-0.25, -0.2) is 10.2 Å². The van der Waals surface area contributed by atoms with Crippen LogP contribution in [0.3, 0.4) is 0 Å². The normalized spacial score (nSPS) is 11.2. The molecule has 0 radical (unpaired) electrons. The van der Waals surface area contributed by atoms with E-state index in [1.54, 1.807) is 12.1 Å². The number of benzene rings is 4. The average Bonchev–Trinajstić information content (AvgIpc) is 3.26. The van der Waals surface area contributed by atoms with E-state index in [1.807, 2.05) is 41.1 Å². The van der Waals surface area contributed by atoms with Crippen molar-refractivity contribution in [1.29, 1.82) is 0 Å². The summed E-state index contributed by atoms with van der Waals surface area (Å²) in [6.07, 6.45) is 0. The third kappa shape index (κ3) is 4.49. The number of rotatable bonds is 7. The van der Waals surface area contributed by atoms with Crippen LogP contribution in [0.5, 0.6) is 0 Å². The summed E-state index contributed by atoms with van der Waals surface area (Å²) in [7, 11) is 0. The van der Waals surface area contributed by atoms with Crippen molar-refractivity contribution in [2.45, 2.75) is 6.54 Å². The van der Waals surface area contributed by atoms with Crippen LogP contribution < -0.4 is 5.48 Å². The van der Waals surface area contributed by atoms with Crippen LogP contribution in [0, 0.1) is 0 Å². The van der Waals surface area contributed by atoms with Gasteiger partial charge in [0, 0.05) is 0 Å². The number of hydrogen-bond donors (Lipinski definition) is 2. The van der Waals surface area contributed by atoms with Gasteiger partial charge < -0.3 is 5.11 Å². The molecule has 0 aliphatic heterocycles. The van der Waals surface area contributed by atoms with E-state index in [9.17, 15) is 4.79 Å². The Morgan fingerprint density at radius 1 is 0.971 bits per heavy atom. The van der Waals surface area contributed by atoms with Crippen molar-refractivity contribution in [3.63, 3.8) is 0 Å². The van der Waals surface area contributed by atoms with Gasteiger partial charge in [0.2, 0.25) is 0 Å². The zero-order valence-electron chi connectivity index (χ0n) is 18.1. The Balaban J connectivity index is 1.42. The standard InChI is InChI=1S/C26H21ClN4O3/c27-23-14-20(7-9-22(23)26(33)29-34-12-11-32)21-8-10-24-25(15-21)31(30-28-24)16-17-5-6-18-3-1-2-4-19(18)13-17/h1-10,13-15,32H,11-12,16H2,(H,29,33). The maximum atomic E-state index is 12.2. The lowest BCUT2D eigenvalue weighted by Gasteiger charge is -2.09. The van der Waals surface area contributed by atoms with E-state index in [2.05, 4.69) is 46.1 Å². The fraction of sp³-hybridized carbons (Fsp3) is 0.115. The molecule has 1 heterocycles. The quantitative estimate of drug-likeness (QED) is 0.267. The van der Waals surface area contributed by atoms with Crippen LogP contribution in [0.25, 0.3) is 32.9 Å². The Labute approximate surface area is 200 Å². The summed E-state index contributed by atoms with van der Waals surface area (Å²) in [6, 6.07) is 25.7. The van der Waals surface area contributed by atoms with E-state index in [-0.39, 0.29) is 18.8 Å². The minimum absolute atomic E-state index is 0.00236. The molecule has 2 N–H and O–H groups in total. The first-order chi connectivity index (χ1) is 16.6. The van der Waals surface area contributed by atoms with Gasteiger partial charge in [0.1, 0.15) is 5.52 Å². The first kappa shape index (κ1) is 22.0. The van der Waals surface area contributed by atoms with Gasteiger partial charge >= 0.3 is 0 Å². The van der Waals surface area contributed by atoms with Crippen LogP contribution in [0.2, 0.25) is 5.02 Å². The first-order valence-electron chi connectivity index (χ1n) is 10.8.